The Hall–Kier alpha value is -1.96. The van der Waals surface area contributed by atoms with E-state index >= 15 is 0 Å². The number of hydrogen-bond donors (Lipinski definition) is 2. The van der Waals surface area contributed by atoms with Crippen LogP contribution in [0, 0.1) is 10.1 Å². The predicted octanol–water partition coefficient (Wildman–Crippen LogP) is 0.290. The van der Waals surface area contributed by atoms with Gasteiger partial charge in [0.1, 0.15) is 0 Å². The summed E-state index contributed by atoms with van der Waals surface area (Å²) in [5.41, 5.74) is -1.88. The van der Waals surface area contributed by atoms with Gasteiger partial charge in [0, 0.05) is 6.92 Å². The molecular weight excluding hydrogens is 228 g/mol. The van der Waals surface area contributed by atoms with Gasteiger partial charge in [0.25, 0.3) is 0 Å². The molecule has 0 aliphatic rings. The van der Waals surface area contributed by atoms with Crippen molar-refractivity contribution in [3.8, 4) is 0 Å². The van der Waals surface area contributed by atoms with E-state index in [1.807, 2.05) is 4.98 Å². The van der Waals surface area contributed by atoms with E-state index in [0.717, 1.165) is 0 Å². The summed E-state index contributed by atoms with van der Waals surface area (Å²) >= 11 is 5.39. The number of anilines is 1. The number of aromatic nitrogens is 2. The fourth-order valence-electron chi connectivity index (χ4n) is 0.824. The molecule has 0 atom stereocenters. The summed E-state index contributed by atoms with van der Waals surface area (Å²) in [6.45, 7) is 1.19. The molecular formula is C6H5ClN4O4. The SMILES string of the molecule is CC(=O)Nc1nc(Cl)c([N+](=O)[O-])c(=O)[nH]1. The van der Waals surface area contributed by atoms with Crippen LogP contribution in [0.15, 0.2) is 4.79 Å². The molecule has 1 amide bonds. The van der Waals surface area contributed by atoms with Crippen molar-refractivity contribution in [3.05, 3.63) is 25.6 Å². The number of carbonyl (C=O) groups excluding carboxylic acids is 1. The number of rotatable bonds is 2. The maximum absolute atomic E-state index is 11.1. The third kappa shape index (κ3) is 2.50. The Morgan fingerprint density at radius 3 is 2.67 bits per heavy atom. The van der Waals surface area contributed by atoms with E-state index in [1.54, 1.807) is 0 Å². The largest absolute Gasteiger partial charge is 0.370 e. The van der Waals surface area contributed by atoms with Crippen molar-refractivity contribution in [1.82, 2.24) is 9.97 Å². The van der Waals surface area contributed by atoms with Crippen molar-refractivity contribution in [2.75, 3.05) is 5.32 Å². The van der Waals surface area contributed by atoms with Crippen molar-refractivity contribution < 1.29 is 9.72 Å². The number of halogens is 1. The van der Waals surface area contributed by atoms with Crippen LogP contribution in [0.2, 0.25) is 5.15 Å². The van der Waals surface area contributed by atoms with Crippen LogP contribution in [-0.4, -0.2) is 20.8 Å². The Morgan fingerprint density at radius 2 is 2.27 bits per heavy atom. The van der Waals surface area contributed by atoms with Crippen LogP contribution in [-0.2, 0) is 4.79 Å². The van der Waals surface area contributed by atoms with E-state index in [0.29, 0.717) is 0 Å². The van der Waals surface area contributed by atoms with Crippen molar-refractivity contribution in [3.63, 3.8) is 0 Å². The number of nitrogens with one attached hydrogen (secondary N) is 2. The third-order valence-electron chi connectivity index (χ3n) is 1.33. The number of hydrogen-bond acceptors (Lipinski definition) is 5. The minimum absolute atomic E-state index is 0.233. The van der Waals surface area contributed by atoms with Gasteiger partial charge >= 0.3 is 11.2 Å². The number of amides is 1. The summed E-state index contributed by atoms with van der Waals surface area (Å²) in [6, 6.07) is 0. The van der Waals surface area contributed by atoms with Gasteiger partial charge in [-0.25, -0.2) is 0 Å². The smallest absolute Gasteiger partial charge is 0.296 e. The third-order valence-corrected chi connectivity index (χ3v) is 1.59. The Bertz CT molecular complexity index is 483. The molecule has 0 aliphatic carbocycles. The molecule has 0 aliphatic heterocycles. The van der Waals surface area contributed by atoms with Crippen molar-refractivity contribution in [1.29, 1.82) is 0 Å². The second-order valence-electron chi connectivity index (χ2n) is 2.49. The topological polar surface area (TPSA) is 118 Å². The second-order valence-corrected chi connectivity index (χ2v) is 2.85. The molecule has 1 rings (SSSR count). The first-order valence-electron chi connectivity index (χ1n) is 3.63. The molecule has 1 heterocycles. The van der Waals surface area contributed by atoms with Crippen LogP contribution in [0.3, 0.4) is 0 Å². The fourth-order valence-corrected chi connectivity index (χ4v) is 1.06. The monoisotopic (exact) mass is 232 g/mol. The van der Waals surface area contributed by atoms with Crippen LogP contribution < -0.4 is 10.9 Å². The normalized spacial score (nSPS) is 9.73. The zero-order valence-corrected chi connectivity index (χ0v) is 8.16. The summed E-state index contributed by atoms with van der Waals surface area (Å²) < 4.78 is 0. The summed E-state index contributed by atoms with van der Waals surface area (Å²) in [5, 5.41) is 11.9. The zero-order chi connectivity index (χ0) is 11.6. The molecule has 2 N–H and O–H groups in total. The molecule has 0 bridgehead atoms. The summed E-state index contributed by atoms with van der Waals surface area (Å²) in [7, 11) is 0. The number of nitro groups is 1. The quantitative estimate of drug-likeness (QED) is 0.432. The first kappa shape index (κ1) is 11.1. The minimum Gasteiger partial charge on any atom is -0.296 e. The maximum atomic E-state index is 11.1. The van der Waals surface area contributed by atoms with E-state index in [1.165, 1.54) is 6.92 Å². The van der Waals surface area contributed by atoms with E-state index in [2.05, 4.69) is 10.3 Å². The highest BCUT2D eigenvalue weighted by molar-refractivity contribution is 6.31. The Balaban J connectivity index is 3.26. The average Bonchev–Trinajstić information content (AvgIpc) is 1.99. The zero-order valence-electron chi connectivity index (χ0n) is 7.41. The lowest BCUT2D eigenvalue weighted by atomic mass is 10.5. The lowest BCUT2D eigenvalue weighted by Crippen LogP contribution is -2.18. The second kappa shape index (κ2) is 4.05. The molecule has 0 saturated carbocycles. The maximum Gasteiger partial charge on any atom is 0.370 e. The molecule has 15 heavy (non-hydrogen) atoms. The van der Waals surface area contributed by atoms with Gasteiger partial charge in [0.05, 0.1) is 4.92 Å². The molecule has 9 heteroatoms. The highest BCUT2D eigenvalue weighted by Gasteiger charge is 2.20. The van der Waals surface area contributed by atoms with Crippen LogP contribution >= 0.6 is 11.6 Å². The van der Waals surface area contributed by atoms with E-state index in [4.69, 9.17) is 11.6 Å². The van der Waals surface area contributed by atoms with E-state index < -0.39 is 27.2 Å². The predicted molar refractivity (Wildman–Crippen MR) is 50.8 cm³/mol. The molecule has 1 aromatic rings. The standard InChI is InChI=1S/C6H5ClN4O4/c1-2(12)8-6-9-4(7)3(11(14)15)5(13)10-6/h1H3,(H2,8,9,10,12,13). The Morgan fingerprint density at radius 1 is 1.67 bits per heavy atom. The molecule has 0 unspecified atom stereocenters. The fraction of sp³-hybridized carbons (Fsp3) is 0.167. The minimum atomic E-state index is -1.02. The summed E-state index contributed by atoms with van der Waals surface area (Å²) in [6.07, 6.45) is 0. The van der Waals surface area contributed by atoms with Crippen LogP contribution in [0.5, 0.6) is 0 Å². The van der Waals surface area contributed by atoms with E-state index in [-0.39, 0.29) is 5.95 Å². The number of H-pyrrole nitrogens is 1. The van der Waals surface area contributed by atoms with Crippen molar-refractivity contribution in [2.24, 2.45) is 0 Å². The number of nitrogens with zero attached hydrogens (tertiary/aromatic N) is 2. The molecule has 8 nitrogen and oxygen atoms in total. The molecule has 0 fully saturated rings. The van der Waals surface area contributed by atoms with Gasteiger partial charge in [0.2, 0.25) is 17.0 Å². The van der Waals surface area contributed by atoms with Crippen LogP contribution in [0.25, 0.3) is 0 Å². The van der Waals surface area contributed by atoms with Gasteiger partial charge in [-0.05, 0) is 0 Å². The van der Waals surface area contributed by atoms with Gasteiger partial charge in [0.15, 0.2) is 0 Å². The molecule has 0 spiro atoms. The lowest BCUT2D eigenvalue weighted by molar-refractivity contribution is -0.386. The highest BCUT2D eigenvalue weighted by atomic mass is 35.5. The van der Waals surface area contributed by atoms with E-state index in [9.17, 15) is 19.7 Å². The molecule has 0 aromatic carbocycles. The Kier molecular flexibility index (Phi) is 3.00. The van der Waals surface area contributed by atoms with Gasteiger partial charge in [-0.3, -0.25) is 30.0 Å². The number of carbonyl (C=O) groups is 1. The summed E-state index contributed by atoms with van der Waals surface area (Å²) in [5.74, 6) is -0.717. The first-order chi connectivity index (χ1) is 6.91. The number of aromatic amines is 1. The summed E-state index contributed by atoms with van der Waals surface area (Å²) in [4.78, 5) is 36.5. The average molecular weight is 233 g/mol. The first-order valence-corrected chi connectivity index (χ1v) is 4.01. The molecule has 80 valence electrons. The van der Waals surface area contributed by atoms with Crippen LogP contribution in [0.1, 0.15) is 6.92 Å². The van der Waals surface area contributed by atoms with Gasteiger partial charge in [-0.2, -0.15) is 4.98 Å². The Labute approximate surface area is 87.4 Å². The highest BCUT2D eigenvalue weighted by Crippen LogP contribution is 2.16. The van der Waals surface area contributed by atoms with Gasteiger partial charge < -0.3 is 0 Å². The molecule has 0 radical (unpaired) electrons. The van der Waals surface area contributed by atoms with Crippen molar-refractivity contribution in [2.45, 2.75) is 6.92 Å². The van der Waals surface area contributed by atoms with Crippen molar-refractivity contribution >= 4 is 29.1 Å². The molecule has 0 saturated heterocycles. The van der Waals surface area contributed by atoms with Crippen LogP contribution in [0.4, 0.5) is 11.6 Å². The lowest BCUT2D eigenvalue weighted by Gasteiger charge is -2.00. The molecule has 1 aromatic heterocycles. The van der Waals surface area contributed by atoms with Gasteiger partial charge in [-0.15, -0.1) is 0 Å². The van der Waals surface area contributed by atoms with Gasteiger partial charge in [-0.1, -0.05) is 11.6 Å².